The molecule has 0 saturated heterocycles. The Morgan fingerprint density at radius 3 is 2.67 bits per heavy atom. The van der Waals surface area contributed by atoms with Crippen LogP contribution in [0.25, 0.3) is 6.08 Å². The van der Waals surface area contributed by atoms with E-state index in [1.807, 2.05) is 12.1 Å². The van der Waals surface area contributed by atoms with Gasteiger partial charge in [-0.15, -0.1) is 11.6 Å². The van der Waals surface area contributed by atoms with E-state index in [4.69, 9.17) is 11.6 Å². The average Bonchev–Trinajstić information content (AvgIpc) is 2.48. The summed E-state index contributed by atoms with van der Waals surface area (Å²) in [5, 5.41) is 21.3. The third kappa shape index (κ3) is 4.26. The van der Waals surface area contributed by atoms with E-state index >= 15 is 0 Å². The summed E-state index contributed by atoms with van der Waals surface area (Å²) in [7, 11) is 0. The molecule has 108 valence electrons. The van der Waals surface area contributed by atoms with Gasteiger partial charge in [0.1, 0.15) is 0 Å². The summed E-state index contributed by atoms with van der Waals surface area (Å²) >= 11 is 5.73. The number of carbonyl (C=O) groups is 1. The van der Waals surface area contributed by atoms with Crippen LogP contribution < -0.4 is 5.32 Å². The zero-order valence-electron chi connectivity index (χ0n) is 11.1. The molecule has 0 aliphatic rings. The van der Waals surface area contributed by atoms with Crippen molar-refractivity contribution in [1.29, 1.82) is 0 Å². The molecule has 0 fully saturated rings. The molecule has 4 nitrogen and oxygen atoms in total. The highest BCUT2D eigenvalue weighted by Crippen LogP contribution is 2.25. The fourth-order valence-electron chi connectivity index (χ4n) is 1.73. The van der Waals surface area contributed by atoms with Crippen molar-refractivity contribution in [2.24, 2.45) is 0 Å². The van der Waals surface area contributed by atoms with E-state index in [1.54, 1.807) is 24.3 Å². The summed E-state index contributed by atoms with van der Waals surface area (Å²) in [5.41, 5.74) is 2.19. The third-order valence-corrected chi connectivity index (χ3v) is 3.08. The van der Waals surface area contributed by atoms with Gasteiger partial charge in [0.25, 0.3) is 0 Å². The topological polar surface area (TPSA) is 69.6 Å². The Morgan fingerprint density at radius 2 is 1.95 bits per heavy atom. The molecule has 0 bridgehead atoms. The van der Waals surface area contributed by atoms with Gasteiger partial charge in [-0.2, -0.15) is 0 Å². The van der Waals surface area contributed by atoms with Crippen molar-refractivity contribution >= 4 is 29.3 Å². The van der Waals surface area contributed by atoms with E-state index in [2.05, 4.69) is 5.32 Å². The van der Waals surface area contributed by atoms with Gasteiger partial charge in [0.15, 0.2) is 11.5 Å². The van der Waals surface area contributed by atoms with Crippen LogP contribution in [0.1, 0.15) is 11.1 Å². The standard InChI is InChI=1S/C16H14ClNO3/c17-10-12-2-1-3-13(8-12)18-16(21)7-5-11-4-6-14(19)15(20)9-11/h1-9,19-20H,10H2,(H,18,21)/b7-5+. The van der Waals surface area contributed by atoms with Gasteiger partial charge in [0, 0.05) is 17.6 Å². The monoisotopic (exact) mass is 303 g/mol. The number of amides is 1. The molecule has 2 aromatic rings. The first kappa shape index (κ1) is 14.9. The Kier molecular flexibility index (Phi) is 4.85. The zero-order valence-corrected chi connectivity index (χ0v) is 11.8. The Balaban J connectivity index is 2.03. The predicted molar refractivity (Wildman–Crippen MR) is 83.4 cm³/mol. The number of anilines is 1. The molecule has 0 heterocycles. The van der Waals surface area contributed by atoms with E-state index in [-0.39, 0.29) is 17.4 Å². The molecule has 5 heteroatoms. The maximum Gasteiger partial charge on any atom is 0.248 e. The van der Waals surface area contributed by atoms with E-state index in [1.165, 1.54) is 18.2 Å². The molecule has 0 aliphatic carbocycles. The van der Waals surface area contributed by atoms with Crippen molar-refractivity contribution in [3.8, 4) is 11.5 Å². The molecular formula is C16H14ClNO3. The Morgan fingerprint density at radius 1 is 1.14 bits per heavy atom. The summed E-state index contributed by atoms with van der Waals surface area (Å²) in [4.78, 5) is 11.8. The molecule has 0 atom stereocenters. The molecule has 0 aliphatic heterocycles. The largest absolute Gasteiger partial charge is 0.504 e. The Labute approximate surface area is 127 Å². The van der Waals surface area contributed by atoms with E-state index in [9.17, 15) is 15.0 Å². The molecule has 0 saturated carbocycles. The van der Waals surface area contributed by atoms with Gasteiger partial charge in [0.05, 0.1) is 0 Å². The lowest BCUT2D eigenvalue weighted by Crippen LogP contribution is -2.07. The van der Waals surface area contributed by atoms with Crippen molar-refractivity contribution in [2.75, 3.05) is 5.32 Å². The second-order valence-electron chi connectivity index (χ2n) is 4.40. The minimum atomic E-state index is -0.297. The van der Waals surface area contributed by atoms with E-state index in [0.717, 1.165) is 5.56 Å². The number of hydrogen-bond acceptors (Lipinski definition) is 3. The van der Waals surface area contributed by atoms with E-state index in [0.29, 0.717) is 17.1 Å². The molecule has 21 heavy (non-hydrogen) atoms. The van der Waals surface area contributed by atoms with Crippen molar-refractivity contribution in [3.63, 3.8) is 0 Å². The highest BCUT2D eigenvalue weighted by molar-refractivity contribution is 6.17. The normalized spacial score (nSPS) is 10.7. The van der Waals surface area contributed by atoms with Crippen molar-refractivity contribution in [3.05, 3.63) is 59.7 Å². The van der Waals surface area contributed by atoms with Gasteiger partial charge < -0.3 is 15.5 Å². The van der Waals surface area contributed by atoms with Crippen LogP contribution in [0.2, 0.25) is 0 Å². The maximum absolute atomic E-state index is 11.8. The van der Waals surface area contributed by atoms with Gasteiger partial charge >= 0.3 is 0 Å². The van der Waals surface area contributed by atoms with Crippen molar-refractivity contribution < 1.29 is 15.0 Å². The molecule has 0 aromatic heterocycles. The summed E-state index contributed by atoms with van der Waals surface area (Å²) in [5.74, 6) is -0.345. The number of carbonyl (C=O) groups excluding carboxylic acids is 1. The molecule has 1 amide bonds. The molecule has 0 unspecified atom stereocenters. The summed E-state index contributed by atoms with van der Waals surface area (Å²) < 4.78 is 0. The predicted octanol–water partition coefficient (Wildman–Crippen LogP) is 3.49. The van der Waals surface area contributed by atoms with Crippen LogP contribution in [-0.2, 0) is 10.7 Å². The lowest BCUT2D eigenvalue weighted by Gasteiger charge is -2.03. The average molecular weight is 304 g/mol. The molecule has 2 rings (SSSR count). The minimum absolute atomic E-state index is 0.200. The molecular weight excluding hydrogens is 290 g/mol. The van der Waals surface area contributed by atoms with Crippen LogP contribution in [0, 0.1) is 0 Å². The fraction of sp³-hybridized carbons (Fsp3) is 0.0625. The van der Waals surface area contributed by atoms with Crippen molar-refractivity contribution in [1.82, 2.24) is 0 Å². The number of phenols is 2. The number of phenolic OH excluding ortho intramolecular Hbond substituents is 2. The van der Waals surface area contributed by atoms with Crippen LogP contribution in [0.3, 0.4) is 0 Å². The highest BCUT2D eigenvalue weighted by Gasteiger charge is 2.01. The number of alkyl halides is 1. The summed E-state index contributed by atoms with van der Waals surface area (Å²) in [6.45, 7) is 0. The summed E-state index contributed by atoms with van der Waals surface area (Å²) in [6, 6.07) is 11.6. The molecule has 0 spiro atoms. The second-order valence-corrected chi connectivity index (χ2v) is 4.67. The molecule has 0 radical (unpaired) electrons. The van der Waals surface area contributed by atoms with Crippen LogP contribution in [-0.4, -0.2) is 16.1 Å². The number of halogens is 1. The summed E-state index contributed by atoms with van der Waals surface area (Å²) in [6.07, 6.45) is 2.89. The van der Waals surface area contributed by atoms with Crippen LogP contribution in [0.4, 0.5) is 5.69 Å². The van der Waals surface area contributed by atoms with E-state index < -0.39 is 0 Å². The SMILES string of the molecule is O=C(/C=C/c1ccc(O)c(O)c1)Nc1cccc(CCl)c1. The first-order chi connectivity index (χ1) is 10.1. The van der Waals surface area contributed by atoms with Gasteiger partial charge in [0.2, 0.25) is 5.91 Å². The molecule has 3 N–H and O–H groups in total. The highest BCUT2D eigenvalue weighted by atomic mass is 35.5. The van der Waals surface area contributed by atoms with Crippen LogP contribution >= 0.6 is 11.6 Å². The Bertz CT molecular complexity index is 683. The maximum atomic E-state index is 11.8. The van der Waals surface area contributed by atoms with Crippen LogP contribution in [0.5, 0.6) is 11.5 Å². The number of hydrogen-bond donors (Lipinski definition) is 3. The van der Waals surface area contributed by atoms with Gasteiger partial charge in [-0.1, -0.05) is 18.2 Å². The van der Waals surface area contributed by atoms with Gasteiger partial charge in [-0.3, -0.25) is 4.79 Å². The lowest BCUT2D eigenvalue weighted by molar-refractivity contribution is -0.111. The van der Waals surface area contributed by atoms with Crippen LogP contribution in [0.15, 0.2) is 48.5 Å². The number of nitrogens with one attached hydrogen (secondary N) is 1. The third-order valence-electron chi connectivity index (χ3n) is 2.78. The zero-order chi connectivity index (χ0) is 15.2. The first-order valence-corrected chi connectivity index (χ1v) is 6.78. The number of rotatable bonds is 4. The van der Waals surface area contributed by atoms with Gasteiger partial charge in [-0.25, -0.2) is 0 Å². The van der Waals surface area contributed by atoms with Crippen molar-refractivity contribution in [2.45, 2.75) is 5.88 Å². The lowest BCUT2D eigenvalue weighted by atomic mass is 10.2. The first-order valence-electron chi connectivity index (χ1n) is 6.24. The number of aromatic hydroxyl groups is 2. The minimum Gasteiger partial charge on any atom is -0.504 e. The second kappa shape index (κ2) is 6.81. The van der Waals surface area contributed by atoms with Gasteiger partial charge in [-0.05, 0) is 41.5 Å². The fourth-order valence-corrected chi connectivity index (χ4v) is 1.90. The quantitative estimate of drug-likeness (QED) is 0.460. The molecule has 2 aromatic carbocycles. The smallest absolute Gasteiger partial charge is 0.248 e. The Hall–Kier alpha value is -2.46. The number of benzene rings is 2.